The van der Waals surface area contributed by atoms with Gasteiger partial charge in [0, 0.05) is 41.3 Å². The number of anilines is 1. The molecule has 0 radical (unpaired) electrons. The molecule has 32 heavy (non-hydrogen) atoms. The van der Waals surface area contributed by atoms with Gasteiger partial charge in [0.15, 0.2) is 12.4 Å². The van der Waals surface area contributed by atoms with Crippen LogP contribution in [0.15, 0.2) is 58.8 Å². The molecule has 4 rings (SSSR count). The smallest absolute Gasteiger partial charge is 0.270 e. The van der Waals surface area contributed by atoms with Crippen LogP contribution in [0.1, 0.15) is 39.7 Å². The minimum Gasteiger partial charge on any atom is -0.744 e. The number of rotatable bonds is 3. The number of oxime groups is 1. The highest BCUT2D eigenvalue weighted by atomic mass is 32.2. The summed E-state index contributed by atoms with van der Waals surface area (Å²) in [5, 5.41) is 23.4. The van der Waals surface area contributed by atoms with E-state index in [1.165, 1.54) is 6.42 Å². The van der Waals surface area contributed by atoms with Crippen LogP contribution in [0.5, 0.6) is 0 Å². The zero-order chi connectivity index (χ0) is 23.9. The molecule has 2 fully saturated rings. The number of benzene rings is 1. The lowest BCUT2D eigenvalue weighted by molar-refractivity contribution is -0.713. The third kappa shape index (κ3) is 3.82. The molecule has 3 unspecified atom stereocenters. The molecule has 3 atom stereocenters. The fourth-order valence-electron chi connectivity index (χ4n) is 5.03. The molecule has 0 aliphatic heterocycles. The summed E-state index contributed by atoms with van der Waals surface area (Å²) in [6.07, 6.45) is 6.51. The summed E-state index contributed by atoms with van der Waals surface area (Å²) in [4.78, 5) is 8.68. The van der Waals surface area contributed by atoms with Gasteiger partial charge in [-0.15, -0.1) is 0 Å². The minimum atomic E-state index is -4.77. The summed E-state index contributed by atoms with van der Waals surface area (Å²) in [6.45, 7) is 6.89. The van der Waals surface area contributed by atoms with Crippen molar-refractivity contribution in [2.75, 3.05) is 5.73 Å². The standard InChI is InChI=1S/C15H20N2O.C6H6N2O5S/c1-14(2)11-7-8-15(14,3)13(16-18)12(11)17-9-5-4-6-10-17;7-5-2-1-4(8(9)10)3-6(5)14(11,12)13/h4-6,9-12H,7-8H2,1-3H3;1-3H,7H2,(H,11,12,13)/b16-13+;. The maximum Gasteiger partial charge on any atom is 0.270 e. The lowest BCUT2D eigenvalue weighted by atomic mass is 9.70. The zero-order valence-electron chi connectivity index (χ0n) is 18.0. The van der Waals surface area contributed by atoms with Gasteiger partial charge < -0.3 is 15.5 Å². The number of nitro groups is 1. The Labute approximate surface area is 186 Å². The Kier molecular flexibility index (Phi) is 6.00. The van der Waals surface area contributed by atoms with Crippen LogP contribution in [-0.4, -0.2) is 28.8 Å². The Hall–Kier alpha value is -3.05. The van der Waals surface area contributed by atoms with Crippen LogP contribution < -0.4 is 10.3 Å². The van der Waals surface area contributed by atoms with Crippen molar-refractivity contribution in [3.05, 3.63) is 58.9 Å². The quantitative estimate of drug-likeness (QED) is 0.177. The molecule has 3 N–H and O–H groups in total. The predicted molar refractivity (Wildman–Crippen MR) is 115 cm³/mol. The molecule has 172 valence electrons. The summed E-state index contributed by atoms with van der Waals surface area (Å²) < 4.78 is 33.9. The number of nitrogens with zero attached hydrogens (tertiary/aromatic N) is 3. The molecule has 1 aromatic heterocycles. The maximum absolute atomic E-state index is 10.6. The van der Waals surface area contributed by atoms with Gasteiger partial charge in [-0.05, 0) is 24.3 Å². The number of nitrogens with two attached hydrogens (primary N) is 1. The van der Waals surface area contributed by atoms with Crippen LogP contribution in [0, 0.1) is 26.9 Å². The summed E-state index contributed by atoms with van der Waals surface area (Å²) in [5.74, 6) is 0.556. The van der Waals surface area contributed by atoms with Gasteiger partial charge in [0.25, 0.3) is 5.69 Å². The van der Waals surface area contributed by atoms with Crippen molar-refractivity contribution in [2.45, 2.75) is 44.6 Å². The van der Waals surface area contributed by atoms with E-state index in [9.17, 15) is 28.3 Å². The monoisotopic (exact) mass is 462 g/mol. The number of non-ortho nitro benzene ring substituents is 1. The second-order valence-corrected chi connectivity index (χ2v) is 10.2. The second-order valence-electron chi connectivity index (χ2n) is 8.89. The van der Waals surface area contributed by atoms with Crippen molar-refractivity contribution in [1.29, 1.82) is 0 Å². The van der Waals surface area contributed by atoms with Gasteiger partial charge in [0.05, 0.1) is 9.82 Å². The third-order valence-corrected chi connectivity index (χ3v) is 8.07. The summed E-state index contributed by atoms with van der Waals surface area (Å²) >= 11 is 0. The SMILES string of the molecule is CC12CCC(C([n+]3ccccc3)/C1=N\O)C2(C)C.Nc1ccc([N+](=O)[O-])cc1S(=O)(=O)[O-]. The number of aromatic nitrogens is 1. The molecule has 2 aliphatic carbocycles. The molecule has 10 nitrogen and oxygen atoms in total. The Bertz CT molecular complexity index is 1170. The molecule has 1 aromatic carbocycles. The maximum atomic E-state index is 10.6. The molecule has 1 heterocycles. The van der Waals surface area contributed by atoms with E-state index in [2.05, 4.69) is 42.9 Å². The Balaban J connectivity index is 0.000000188. The number of nitrogen functional groups attached to an aromatic ring is 1. The number of hydrogen-bond donors (Lipinski definition) is 2. The van der Waals surface area contributed by atoms with Crippen molar-refractivity contribution < 1.29 is 27.7 Å². The summed E-state index contributed by atoms with van der Waals surface area (Å²) in [6, 6.07) is 8.97. The molecule has 2 saturated carbocycles. The Morgan fingerprint density at radius 3 is 2.38 bits per heavy atom. The predicted octanol–water partition coefficient (Wildman–Crippen LogP) is 2.88. The van der Waals surface area contributed by atoms with E-state index in [1.807, 2.05) is 18.2 Å². The molecule has 0 spiro atoms. The highest BCUT2D eigenvalue weighted by Gasteiger charge is 2.68. The van der Waals surface area contributed by atoms with Gasteiger partial charge in [0.2, 0.25) is 6.04 Å². The van der Waals surface area contributed by atoms with Gasteiger partial charge in [-0.1, -0.05) is 32.0 Å². The van der Waals surface area contributed by atoms with Crippen LogP contribution in [0.3, 0.4) is 0 Å². The van der Waals surface area contributed by atoms with Crippen LogP contribution >= 0.6 is 0 Å². The lowest BCUT2D eigenvalue weighted by Gasteiger charge is -2.32. The van der Waals surface area contributed by atoms with Gasteiger partial charge in [-0.25, -0.2) is 8.42 Å². The highest BCUT2D eigenvalue weighted by molar-refractivity contribution is 7.86. The van der Waals surface area contributed by atoms with E-state index >= 15 is 0 Å². The zero-order valence-corrected chi connectivity index (χ0v) is 18.8. The van der Waals surface area contributed by atoms with Crippen molar-refractivity contribution in [2.24, 2.45) is 21.9 Å². The van der Waals surface area contributed by atoms with Crippen molar-refractivity contribution >= 4 is 27.2 Å². The first-order valence-electron chi connectivity index (χ1n) is 10.0. The minimum absolute atomic E-state index is 0.0277. The lowest BCUT2D eigenvalue weighted by Crippen LogP contribution is -2.47. The molecule has 2 aromatic rings. The highest BCUT2D eigenvalue weighted by Crippen LogP contribution is 2.66. The number of nitro benzene ring substituents is 1. The molecular formula is C21H26N4O6S. The van der Waals surface area contributed by atoms with Gasteiger partial charge in [-0.3, -0.25) is 10.1 Å². The van der Waals surface area contributed by atoms with Crippen molar-refractivity contribution in [1.82, 2.24) is 0 Å². The molecule has 2 aliphatic rings. The molecule has 0 amide bonds. The molecular weight excluding hydrogens is 436 g/mol. The summed E-state index contributed by atoms with van der Waals surface area (Å²) in [7, 11) is -4.77. The first-order chi connectivity index (χ1) is 14.8. The normalized spacial score (nSPS) is 27.1. The van der Waals surface area contributed by atoms with Crippen LogP contribution in [0.2, 0.25) is 0 Å². The van der Waals surface area contributed by atoms with Crippen molar-refractivity contribution in [3.8, 4) is 0 Å². The number of pyridine rings is 1. The van der Waals surface area contributed by atoms with Crippen molar-refractivity contribution in [3.63, 3.8) is 0 Å². The van der Waals surface area contributed by atoms with E-state index < -0.39 is 25.6 Å². The van der Waals surface area contributed by atoms with Crippen LogP contribution in [-0.2, 0) is 10.1 Å². The largest absolute Gasteiger partial charge is 0.744 e. The Morgan fingerprint density at radius 1 is 1.22 bits per heavy atom. The average molecular weight is 463 g/mol. The van der Waals surface area contributed by atoms with E-state index in [1.54, 1.807) is 0 Å². The average Bonchev–Trinajstić information content (AvgIpc) is 3.05. The number of hydrogen-bond acceptors (Lipinski definition) is 8. The van der Waals surface area contributed by atoms with Gasteiger partial charge >= 0.3 is 0 Å². The molecule has 11 heteroatoms. The summed E-state index contributed by atoms with van der Waals surface area (Å²) in [5.41, 5.74) is 5.56. The van der Waals surface area contributed by atoms with E-state index in [4.69, 9.17) is 5.73 Å². The van der Waals surface area contributed by atoms with Crippen LogP contribution in [0.25, 0.3) is 0 Å². The second kappa shape index (κ2) is 8.14. The van der Waals surface area contributed by atoms with E-state index in [0.717, 1.165) is 24.3 Å². The fourth-order valence-corrected chi connectivity index (χ4v) is 5.65. The van der Waals surface area contributed by atoms with E-state index in [-0.39, 0.29) is 22.6 Å². The Morgan fingerprint density at radius 2 is 1.84 bits per heavy atom. The van der Waals surface area contributed by atoms with Gasteiger partial charge in [0.1, 0.15) is 15.8 Å². The first-order valence-corrected chi connectivity index (χ1v) is 11.4. The molecule has 0 saturated heterocycles. The topological polar surface area (TPSA) is 163 Å². The van der Waals surface area contributed by atoms with Crippen LogP contribution in [0.4, 0.5) is 11.4 Å². The fraction of sp³-hybridized carbons (Fsp3) is 0.429. The first kappa shape index (κ1) is 23.6. The van der Waals surface area contributed by atoms with Gasteiger partial charge in [-0.2, -0.15) is 4.57 Å². The van der Waals surface area contributed by atoms with E-state index in [0.29, 0.717) is 12.0 Å². The third-order valence-electron chi connectivity index (χ3n) is 7.18. The number of fused-ring (bicyclic) bond motifs is 2. The molecule has 2 bridgehead atoms.